The fraction of sp³-hybridized carbons (Fsp3) is 1.00. The number of nitrogens with zero attached hydrogens (tertiary/aromatic N) is 1. The molecule has 1 atom stereocenters. The third-order valence-electron chi connectivity index (χ3n) is 3.17. The Morgan fingerprint density at radius 3 is 2.50 bits per heavy atom. The van der Waals surface area contributed by atoms with E-state index in [4.69, 9.17) is 0 Å². The second kappa shape index (κ2) is 7.69. The Kier molecular flexibility index (Phi) is 6.94. The number of rotatable bonds is 7. The van der Waals surface area contributed by atoms with Gasteiger partial charge in [0.05, 0.1) is 0 Å². The Hall–Kier alpha value is 0.180. The summed E-state index contributed by atoms with van der Waals surface area (Å²) in [6, 6.07) is -0.0139. The third kappa shape index (κ3) is 5.05. The van der Waals surface area contributed by atoms with Crippen molar-refractivity contribution in [1.29, 1.82) is 0 Å². The predicted molar refractivity (Wildman–Crippen MR) is 78.1 cm³/mol. The van der Waals surface area contributed by atoms with Crippen LogP contribution in [0.15, 0.2) is 0 Å². The highest BCUT2D eigenvalue weighted by Gasteiger charge is 2.28. The van der Waals surface area contributed by atoms with Crippen molar-refractivity contribution in [1.82, 2.24) is 14.3 Å². The van der Waals surface area contributed by atoms with Crippen LogP contribution in [0, 0.1) is 5.92 Å². The highest BCUT2D eigenvalue weighted by atomic mass is 32.2. The van der Waals surface area contributed by atoms with Crippen LogP contribution in [-0.4, -0.2) is 57.5 Å². The quantitative estimate of drug-likeness (QED) is 0.718. The predicted octanol–water partition coefficient (Wildman–Crippen LogP) is 0.504. The fourth-order valence-corrected chi connectivity index (χ4v) is 4.38. The van der Waals surface area contributed by atoms with E-state index >= 15 is 0 Å². The van der Waals surface area contributed by atoms with Crippen LogP contribution in [0.25, 0.3) is 0 Å². The Labute approximate surface area is 115 Å². The maximum absolute atomic E-state index is 12.1. The van der Waals surface area contributed by atoms with Gasteiger partial charge in [-0.05, 0) is 45.5 Å². The van der Waals surface area contributed by atoms with Crippen LogP contribution in [0.3, 0.4) is 0 Å². The van der Waals surface area contributed by atoms with Crippen molar-refractivity contribution in [3.05, 3.63) is 0 Å². The number of hydrogen-bond acceptors (Lipinski definition) is 4. The Morgan fingerprint density at radius 1 is 1.39 bits per heavy atom. The van der Waals surface area contributed by atoms with Crippen molar-refractivity contribution in [3.8, 4) is 0 Å². The van der Waals surface area contributed by atoms with Crippen molar-refractivity contribution < 1.29 is 8.42 Å². The molecular formula is C11H25N3O2S2. The zero-order valence-electron chi connectivity index (χ0n) is 11.5. The molecule has 7 heteroatoms. The number of piperidine rings is 1. The molecule has 1 saturated heterocycles. The molecule has 0 saturated carbocycles. The molecule has 0 aromatic rings. The standard InChI is InChI=1S/C11H25N3O2S2/c1-10(9-17-3)13-18(15,16)14-6-4-11(5-7-14)8-12-2/h10-13H,4-9H2,1-3H3. The van der Waals surface area contributed by atoms with Crippen molar-refractivity contribution in [3.63, 3.8) is 0 Å². The molecular weight excluding hydrogens is 270 g/mol. The molecule has 0 aromatic heterocycles. The fourth-order valence-electron chi connectivity index (χ4n) is 2.26. The van der Waals surface area contributed by atoms with Crippen LogP contribution < -0.4 is 10.0 Å². The zero-order valence-corrected chi connectivity index (χ0v) is 13.1. The smallest absolute Gasteiger partial charge is 0.279 e. The van der Waals surface area contributed by atoms with E-state index in [0.29, 0.717) is 19.0 Å². The van der Waals surface area contributed by atoms with Gasteiger partial charge in [0.2, 0.25) is 0 Å². The lowest BCUT2D eigenvalue weighted by Gasteiger charge is -2.31. The Morgan fingerprint density at radius 2 is 2.00 bits per heavy atom. The molecule has 2 N–H and O–H groups in total. The molecule has 0 amide bonds. The second-order valence-corrected chi connectivity index (χ2v) is 7.49. The van der Waals surface area contributed by atoms with Crippen LogP contribution >= 0.6 is 11.8 Å². The molecule has 1 aliphatic rings. The van der Waals surface area contributed by atoms with E-state index in [1.165, 1.54) is 0 Å². The monoisotopic (exact) mass is 295 g/mol. The van der Waals surface area contributed by atoms with E-state index in [2.05, 4.69) is 10.0 Å². The van der Waals surface area contributed by atoms with E-state index in [9.17, 15) is 8.42 Å². The van der Waals surface area contributed by atoms with Gasteiger partial charge in [-0.1, -0.05) is 0 Å². The number of thioether (sulfide) groups is 1. The normalized spacial score (nSPS) is 21.1. The molecule has 18 heavy (non-hydrogen) atoms. The molecule has 108 valence electrons. The van der Waals surface area contributed by atoms with Crippen LogP contribution in [0.5, 0.6) is 0 Å². The molecule has 0 bridgehead atoms. The second-order valence-electron chi connectivity index (χ2n) is 4.88. The third-order valence-corrected chi connectivity index (χ3v) is 5.75. The summed E-state index contributed by atoms with van der Waals surface area (Å²) in [7, 11) is -1.35. The van der Waals surface area contributed by atoms with E-state index < -0.39 is 10.2 Å². The van der Waals surface area contributed by atoms with Crippen molar-refractivity contribution >= 4 is 22.0 Å². The van der Waals surface area contributed by atoms with Crippen LogP contribution in [0.4, 0.5) is 0 Å². The number of hydrogen-bond donors (Lipinski definition) is 2. The highest BCUT2D eigenvalue weighted by Crippen LogP contribution is 2.18. The van der Waals surface area contributed by atoms with Gasteiger partial charge in [0.25, 0.3) is 10.2 Å². The maximum Gasteiger partial charge on any atom is 0.279 e. The summed E-state index contributed by atoms with van der Waals surface area (Å²) in [4.78, 5) is 0. The van der Waals surface area contributed by atoms with Gasteiger partial charge in [0.1, 0.15) is 0 Å². The van der Waals surface area contributed by atoms with Gasteiger partial charge in [-0.15, -0.1) is 0 Å². The lowest BCUT2D eigenvalue weighted by atomic mass is 9.98. The summed E-state index contributed by atoms with van der Waals surface area (Å²) in [6.07, 6.45) is 3.87. The topological polar surface area (TPSA) is 61.4 Å². The largest absolute Gasteiger partial charge is 0.319 e. The summed E-state index contributed by atoms with van der Waals surface area (Å²) in [5.41, 5.74) is 0. The number of nitrogens with one attached hydrogen (secondary N) is 2. The molecule has 0 radical (unpaired) electrons. The molecule has 1 aliphatic heterocycles. The van der Waals surface area contributed by atoms with E-state index in [1.807, 2.05) is 20.2 Å². The Bertz CT molecular complexity index is 327. The minimum absolute atomic E-state index is 0.0139. The van der Waals surface area contributed by atoms with Gasteiger partial charge < -0.3 is 5.32 Å². The molecule has 1 rings (SSSR count). The lowest BCUT2D eigenvalue weighted by Crippen LogP contribution is -2.48. The highest BCUT2D eigenvalue weighted by molar-refractivity contribution is 7.98. The van der Waals surface area contributed by atoms with Crippen LogP contribution in [0.2, 0.25) is 0 Å². The van der Waals surface area contributed by atoms with Crippen LogP contribution in [-0.2, 0) is 10.2 Å². The van der Waals surface area contributed by atoms with Crippen LogP contribution in [0.1, 0.15) is 19.8 Å². The maximum atomic E-state index is 12.1. The first kappa shape index (κ1) is 16.2. The van der Waals surface area contributed by atoms with Crippen molar-refractivity contribution in [2.75, 3.05) is 38.7 Å². The molecule has 0 spiro atoms. The first-order valence-electron chi connectivity index (χ1n) is 6.40. The first-order chi connectivity index (χ1) is 8.49. The summed E-state index contributed by atoms with van der Waals surface area (Å²) >= 11 is 1.65. The summed E-state index contributed by atoms with van der Waals surface area (Å²) < 4.78 is 28.6. The van der Waals surface area contributed by atoms with Crippen molar-refractivity contribution in [2.45, 2.75) is 25.8 Å². The molecule has 0 aliphatic carbocycles. The lowest BCUT2D eigenvalue weighted by molar-refractivity contribution is 0.267. The average molecular weight is 295 g/mol. The van der Waals surface area contributed by atoms with E-state index in [-0.39, 0.29) is 6.04 Å². The van der Waals surface area contributed by atoms with Gasteiger partial charge >= 0.3 is 0 Å². The molecule has 0 aromatic carbocycles. The van der Waals surface area contributed by atoms with Gasteiger partial charge in [-0.3, -0.25) is 0 Å². The SMILES string of the molecule is CNCC1CCN(S(=O)(=O)NC(C)CSC)CC1. The molecule has 1 fully saturated rings. The minimum atomic E-state index is -3.29. The molecule has 1 unspecified atom stereocenters. The van der Waals surface area contributed by atoms with Crippen molar-refractivity contribution in [2.24, 2.45) is 5.92 Å². The molecule has 1 heterocycles. The van der Waals surface area contributed by atoms with Gasteiger partial charge in [-0.25, -0.2) is 0 Å². The summed E-state index contributed by atoms with van der Waals surface area (Å²) in [6.45, 7) is 4.15. The summed E-state index contributed by atoms with van der Waals surface area (Å²) in [5, 5.41) is 3.15. The van der Waals surface area contributed by atoms with Gasteiger partial charge in [-0.2, -0.15) is 29.2 Å². The molecule has 5 nitrogen and oxygen atoms in total. The average Bonchev–Trinajstić information content (AvgIpc) is 2.29. The van der Waals surface area contributed by atoms with E-state index in [0.717, 1.165) is 25.1 Å². The first-order valence-corrected chi connectivity index (χ1v) is 9.24. The van der Waals surface area contributed by atoms with Gasteiger partial charge in [0.15, 0.2) is 0 Å². The Balaban J connectivity index is 2.45. The van der Waals surface area contributed by atoms with Gasteiger partial charge in [0, 0.05) is 24.9 Å². The summed E-state index contributed by atoms with van der Waals surface area (Å²) in [5.74, 6) is 1.40. The zero-order chi connectivity index (χ0) is 13.6. The van der Waals surface area contributed by atoms with E-state index in [1.54, 1.807) is 16.1 Å². The minimum Gasteiger partial charge on any atom is -0.319 e.